The van der Waals surface area contributed by atoms with Crippen LogP contribution in [-0.2, 0) is 17.8 Å². The van der Waals surface area contributed by atoms with Gasteiger partial charge >= 0.3 is 5.97 Å². The third-order valence-corrected chi connectivity index (χ3v) is 5.65. The number of benzene rings is 1. The van der Waals surface area contributed by atoms with Crippen LogP contribution in [0.2, 0.25) is 0 Å². The normalized spacial score (nSPS) is 12.3. The van der Waals surface area contributed by atoms with Crippen molar-refractivity contribution in [1.29, 1.82) is 0 Å². The van der Waals surface area contributed by atoms with Gasteiger partial charge in [0.15, 0.2) is 0 Å². The van der Waals surface area contributed by atoms with Gasteiger partial charge in [-0.2, -0.15) is 0 Å². The fourth-order valence-corrected chi connectivity index (χ4v) is 3.91. The number of carbonyl (C=O) groups is 1. The molecule has 0 aliphatic heterocycles. The van der Waals surface area contributed by atoms with Crippen molar-refractivity contribution in [2.45, 2.75) is 40.2 Å². The minimum Gasteiger partial charge on any atom is -0.508 e. The summed E-state index contributed by atoms with van der Waals surface area (Å²) in [6, 6.07) is 5.77. The minimum absolute atomic E-state index is 0.0734. The Labute approximate surface area is 160 Å². The summed E-state index contributed by atoms with van der Waals surface area (Å²) in [5.41, 5.74) is 1.18. The first-order chi connectivity index (χ1) is 12.9. The van der Waals surface area contributed by atoms with E-state index in [1.807, 2.05) is 6.92 Å². The molecule has 27 heavy (non-hydrogen) atoms. The summed E-state index contributed by atoms with van der Waals surface area (Å²) in [6.07, 6.45) is 1.90. The summed E-state index contributed by atoms with van der Waals surface area (Å²) in [6.45, 7) is 6.19. The smallest absolute Gasteiger partial charge is 0.338 e. The molecule has 6 nitrogen and oxygen atoms in total. The Bertz CT molecular complexity index is 1020. The number of carbonyl (C=O) groups excluding carboxylic acids is 1. The zero-order chi connectivity index (χ0) is 19.6. The van der Waals surface area contributed by atoms with Gasteiger partial charge in [-0.25, -0.2) is 9.78 Å². The van der Waals surface area contributed by atoms with Crippen molar-refractivity contribution in [3.63, 3.8) is 0 Å². The largest absolute Gasteiger partial charge is 0.508 e. The number of hydrogen-bond acceptors (Lipinski definition) is 6. The van der Waals surface area contributed by atoms with Crippen molar-refractivity contribution in [2.24, 2.45) is 5.92 Å². The molecule has 0 saturated carbocycles. The Morgan fingerprint density at radius 1 is 1.33 bits per heavy atom. The predicted octanol–water partition coefficient (Wildman–Crippen LogP) is 3.94. The molecule has 0 aliphatic carbocycles. The fourth-order valence-electron chi connectivity index (χ4n) is 2.84. The molecule has 7 heteroatoms. The highest BCUT2D eigenvalue weighted by molar-refractivity contribution is 7.18. The number of esters is 1. The third-order valence-electron chi connectivity index (χ3n) is 4.60. The maximum absolute atomic E-state index is 12.6. The van der Waals surface area contributed by atoms with E-state index in [1.165, 1.54) is 35.6 Å². The van der Waals surface area contributed by atoms with E-state index in [0.29, 0.717) is 27.5 Å². The Kier molecular flexibility index (Phi) is 5.60. The first kappa shape index (κ1) is 19.1. The second-order valence-corrected chi connectivity index (χ2v) is 7.87. The van der Waals surface area contributed by atoms with Gasteiger partial charge < -0.3 is 14.8 Å². The zero-order valence-electron chi connectivity index (χ0n) is 15.5. The summed E-state index contributed by atoms with van der Waals surface area (Å²) < 4.78 is 5.23. The quantitative estimate of drug-likeness (QED) is 0.626. The first-order valence-electron chi connectivity index (χ1n) is 8.86. The summed E-state index contributed by atoms with van der Waals surface area (Å²) in [5, 5.41) is 9.92. The number of rotatable bonds is 6. The average molecular weight is 386 g/mol. The highest BCUT2D eigenvalue weighted by Crippen LogP contribution is 2.29. The lowest BCUT2D eigenvalue weighted by Gasteiger charge is -2.08. The Hall–Kier alpha value is -2.67. The number of thiophene rings is 1. The SMILES string of the molecule is CC[C@@H](C)Cc1c(C)sc2nc(COC(=O)c3ccc(O)cc3)[nH]c(=O)c12. The highest BCUT2D eigenvalue weighted by Gasteiger charge is 2.17. The Balaban J connectivity index is 1.81. The van der Waals surface area contributed by atoms with Crippen LogP contribution < -0.4 is 5.56 Å². The molecule has 2 aromatic heterocycles. The standard InChI is InChI=1S/C20H22N2O4S/c1-4-11(2)9-15-12(3)27-19-17(15)18(24)21-16(22-19)10-26-20(25)13-5-7-14(23)8-6-13/h5-8,11,23H,4,9-10H2,1-3H3,(H,21,22,24)/t11-/m1/s1. The molecule has 3 aromatic rings. The van der Waals surface area contributed by atoms with Crippen LogP contribution in [0.25, 0.3) is 10.2 Å². The lowest BCUT2D eigenvalue weighted by atomic mass is 9.98. The maximum Gasteiger partial charge on any atom is 0.338 e. The maximum atomic E-state index is 12.6. The molecule has 1 aromatic carbocycles. The second kappa shape index (κ2) is 7.92. The second-order valence-electron chi connectivity index (χ2n) is 6.67. The molecular weight excluding hydrogens is 364 g/mol. The summed E-state index contributed by atoms with van der Waals surface area (Å²) in [7, 11) is 0. The highest BCUT2D eigenvalue weighted by atomic mass is 32.1. The van der Waals surface area contributed by atoms with E-state index >= 15 is 0 Å². The van der Waals surface area contributed by atoms with Gasteiger partial charge in [0.25, 0.3) is 5.56 Å². The van der Waals surface area contributed by atoms with Gasteiger partial charge in [0, 0.05) is 4.88 Å². The molecule has 2 heterocycles. The molecule has 0 bridgehead atoms. The van der Waals surface area contributed by atoms with Crippen molar-refractivity contribution in [2.75, 3.05) is 0 Å². The molecule has 0 fully saturated rings. The van der Waals surface area contributed by atoms with E-state index in [4.69, 9.17) is 4.74 Å². The molecule has 0 spiro atoms. The van der Waals surface area contributed by atoms with E-state index in [1.54, 1.807) is 0 Å². The van der Waals surface area contributed by atoms with Gasteiger partial charge in [-0.1, -0.05) is 20.3 Å². The zero-order valence-corrected chi connectivity index (χ0v) is 16.4. The molecular formula is C20H22N2O4S. The Morgan fingerprint density at radius 2 is 2.04 bits per heavy atom. The first-order valence-corrected chi connectivity index (χ1v) is 9.68. The number of nitrogens with zero attached hydrogens (tertiary/aromatic N) is 1. The number of fused-ring (bicyclic) bond motifs is 1. The van der Waals surface area contributed by atoms with Crippen molar-refractivity contribution in [1.82, 2.24) is 9.97 Å². The van der Waals surface area contributed by atoms with E-state index < -0.39 is 5.97 Å². The number of aromatic nitrogens is 2. The number of hydrogen-bond donors (Lipinski definition) is 2. The number of aromatic amines is 1. The van der Waals surface area contributed by atoms with Crippen LogP contribution in [0, 0.1) is 12.8 Å². The molecule has 0 radical (unpaired) electrons. The lowest BCUT2D eigenvalue weighted by molar-refractivity contribution is 0.0462. The molecule has 0 unspecified atom stereocenters. The Morgan fingerprint density at radius 3 is 2.70 bits per heavy atom. The van der Waals surface area contributed by atoms with Crippen molar-refractivity contribution >= 4 is 27.5 Å². The van der Waals surface area contributed by atoms with Crippen LogP contribution in [0.5, 0.6) is 5.75 Å². The third kappa shape index (κ3) is 4.19. The van der Waals surface area contributed by atoms with Gasteiger partial charge in [0.2, 0.25) is 0 Å². The van der Waals surface area contributed by atoms with Crippen LogP contribution in [0.15, 0.2) is 29.1 Å². The summed E-state index contributed by atoms with van der Waals surface area (Å²) in [4.78, 5) is 33.6. The number of ether oxygens (including phenoxy) is 1. The van der Waals surface area contributed by atoms with E-state index in [-0.39, 0.29) is 17.9 Å². The van der Waals surface area contributed by atoms with Crippen molar-refractivity contribution in [3.05, 3.63) is 56.4 Å². The monoisotopic (exact) mass is 386 g/mol. The summed E-state index contributed by atoms with van der Waals surface area (Å²) in [5.74, 6) is 0.338. The van der Waals surface area contributed by atoms with Crippen molar-refractivity contribution < 1.29 is 14.6 Å². The molecule has 0 amide bonds. The topological polar surface area (TPSA) is 92.3 Å². The van der Waals surface area contributed by atoms with Crippen LogP contribution in [-0.4, -0.2) is 21.0 Å². The molecule has 0 saturated heterocycles. The average Bonchev–Trinajstić information content (AvgIpc) is 2.95. The number of phenols is 1. The van der Waals surface area contributed by atoms with E-state index in [2.05, 4.69) is 23.8 Å². The van der Waals surface area contributed by atoms with Crippen LogP contribution >= 0.6 is 11.3 Å². The number of nitrogens with one attached hydrogen (secondary N) is 1. The minimum atomic E-state index is -0.544. The summed E-state index contributed by atoms with van der Waals surface area (Å²) >= 11 is 1.49. The number of phenolic OH excluding ortho intramolecular Hbond substituents is 1. The molecule has 1 atom stereocenters. The van der Waals surface area contributed by atoms with E-state index in [0.717, 1.165) is 23.3 Å². The number of H-pyrrole nitrogens is 1. The van der Waals surface area contributed by atoms with Crippen molar-refractivity contribution in [3.8, 4) is 5.75 Å². The van der Waals surface area contributed by atoms with Gasteiger partial charge in [-0.15, -0.1) is 11.3 Å². The molecule has 142 valence electrons. The predicted molar refractivity (Wildman–Crippen MR) is 105 cm³/mol. The van der Waals surface area contributed by atoms with Gasteiger partial charge in [0.05, 0.1) is 10.9 Å². The molecule has 3 rings (SSSR count). The van der Waals surface area contributed by atoms with Crippen LogP contribution in [0.3, 0.4) is 0 Å². The number of aromatic hydroxyl groups is 1. The van der Waals surface area contributed by atoms with E-state index in [9.17, 15) is 14.7 Å². The van der Waals surface area contributed by atoms with Crippen LogP contribution in [0.1, 0.15) is 46.9 Å². The van der Waals surface area contributed by atoms with Crippen LogP contribution in [0.4, 0.5) is 0 Å². The molecule has 0 aliphatic rings. The van der Waals surface area contributed by atoms with Gasteiger partial charge in [0.1, 0.15) is 23.0 Å². The lowest BCUT2D eigenvalue weighted by Crippen LogP contribution is -2.15. The number of aryl methyl sites for hydroxylation is 1. The molecule has 2 N–H and O–H groups in total. The van der Waals surface area contributed by atoms with Gasteiger partial charge in [-0.3, -0.25) is 4.79 Å². The van der Waals surface area contributed by atoms with Gasteiger partial charge in [-0.05, 0) is 49.1 Å². The fraction of sp³-hybridized carbons (Fsp3) is 0.350.